The van der Waals surface area contributed by atoms with Crippen LogP contribution in [0.1, 0.15) is 18.0 Å². The average molecular weight is 265 g/mol. The van der Waals surface area contributed by atoms with Gasteiger partial charge in [-0.25, -0.2) is 9.78 Å². The largest absolute Gasteiger partial charge is 0.448 e. The van der Waals surface area contributed by atoms with Gasteiger partial charge in [0.05, 0.1) is 16.3 Å². The second-order valence-electron chi connectivity index (χ2n) is 3.86. The first-order valence-electron chi connectivity index (χ1n) is 5.68. The second kappa shape index (κ2) is 5.79. The predicted octanol–water partition coefficient (Wildman–Crippen LogP) is 2.04. The van der Waals surface area contributed by atoms with Gasteiger partial charge in [0.25, 0.3) is 0 Å². The molecule has 1 amide bonds. The van der Waals surface area contributed by atoms with E-state index in [9.17, 15) is 4.79 Å². The fourth-order valence-corrected chi connectivity index (χ4v) is 2.58. The van der Waals surface area contributed by atoms with Crippen molar-refractivity contribution in [2.24, 2.45) is 5.73 Å². The highest BCUT2D eigenvalue weighted by atomic mass is 32.1. The molecule has 0 aliphatic heterocycles. The Morgan fingerprint density at radius 2 is 2.33 bits per heavy atom. The van der Waals surface area contributed by atoms with Gasteiger partial charge >= 0.3 is 6.09 Å². The monoisotopic (exact) mass is 265 g/mol. The molecule has 96 valence electrons. The molecule has 3 N–H and O–H groups in total. The van der Waals surface area contributed by atoms with Crippen LogP contribution in [-0.4, -0.2) is 24.2 Å². The molecular weight excluding hydrogens is 250 g/mol. The molecule has 1 unspecified atom stereocenters. The number of thiazole rings is 1. The molecule has 18 heavy (non-hydrogen) atoms. The Balaban J connectivity index is 1.92. The zero-order chi connectivity index (χ0) is 13.0. The van der Waals surface area contributed by atoms with Crippen LogP contribution in [0.5, 0.6) is 0 Å². The van der Waals surface area contributed by atoms with Crippen molar-refractivity contribution >= 4 is 27.6 Å². The van der Waals surface area contributed by atoms with Crippen LogP contribution in [0.25, 0.3) is 10.2 Å². The van der Waals surface area contributed by atoms with Crippen LogP contribution >= 0.6 is 11.3 Å². The van der Waals surface area contributed by atoms with E-state index in [1.54, 1.807) is 11.3 Å². The van der Waals surface area contributed by atoms with E-state index in [4.69, 9.17) is 5.73 Å². The zero-order valence-electron chi connectivity index (χ0n) is 10.1. The Hall–Kier alpha value is -1.66. The third kappa shape index (κ3) is 3.18. The van der Waals surface area contributed by atoms with Gasteiger partial charge in [0, 0.05) is 6.54 Å². The maximum Gasteiger partial charge on any atom is 0.404 e. The number of para-hydroxylation sites is 1. The Bertz CT molecular complexity index is 508. The SMILES string of the molecule is CC(NCCOC(N)=O)c1nc2ccccc2s1. The number of fused-ring (bicyclic) bond motifs is 1. The quantitative estimate of drug-likeness (QED) is 0.811. The minimum absolute atomic E-state index is 0.124. The Kier molecular flexibility index (Phi) is 4.11. The van der Waals surface area contributed by atoms with Crippen molar-refractivity contribution in [2.45, 2.75) is 13.0 Å². The molecule has 2 aromatic rings. The minimum atomic E-state index is -0.746. The summed E-state index contributed by atoms with van der Waals surface area (Å²) in [6, 6.07) is 8.16. The first-order chi connectivity index (χ1) is 8.66. The third-order valence-corrected chi connectivity index (χ3v) is 3.70. The summed E-state index contributed by atoms with van der Waals surface area (Å²) >= 11 is 1.66. The van der Waals surface area contributed by atoms with Gasteiger partial charge in [-0.15, -0.1) is 11.3 Å². The standard InChI is InChI=1S/C12H15N3O2S/c1-8(14-6-7-17-12(13)16)11-15-9-4-2-3-5-10(9)18-11/h2-5,8,14H,6-7H2,1H3,(H2,13,16). The van der Waals surface area contributed by atoms with Gasteiger partial charge < -0.3 is 15.8 Å². The summed E-state index contributed by atoms with van der Waals surface area (Å²) in [6.45, 7) is 2.85. The second-order valence-corrected chi connectivity index (χ2v) is 4.93. The van der Waals surface area contributed by atoms with Gasteiger partial charge in [0.1, 0.15) is 11.6 Å². The highest BCUT2D eigenvalue weighted by Gasteiger charge is 2.10. The van der Waals surface area contributed by atoms with E-state index in [1.165, 1.54) is 4.70 Å². The summed E-state index contributed by atoms with van der Waals surface area (Å²) in [7, 11) is 0. The molecular formula is C12H15N3O2S. The number of ether oxygens (including phenoxy) is 1. The minimum Gasteiger partial charge on any atom is -0.448 e. The summed E-state index contributed by atoms with van der Waals surface area (Å²) in [5.74, 6) is 0. The topological polar surface area (TPSA) is 77.2 Å². The summed E-state index contributed by atoms with van der Waals surface area (Å²) in [4.78, 5) is 14.9. The lowest BCUT2D eigenvalue weighted by Gasteiger charge is -2.10. The van der Waals surface area contributed by atoms with E-state index < -0.39 is 6.09 Å². The van der Waals surface area contributed by atoms with Gasteiger partial charge in [0.15, 0.2) is 0 Å². The van der Waals surface area contributed by atoms with Crippen molar-refractivity contribution in [3.63, 3.8) is 0 Å². The van der Waals surface area contributed by atoms with E-state index in [0.717, 1.165) is 10.5 Å². The van der Waals surface area contributed by atoms with Crippen LogP contribution in [-0.2, 0) is 4.74 Å². The van der Waals surface area contributed by atoms with Crippen LogP contribution in [0.15, 0.2) is 24.3 Å². The molecule has 6 heteroatoms. The lowest BCUT2D eigenvalue weighted by molar-refractivity contribution is 0.156. The first kappa shape index (κ1) is 12.8. The molecule has 5 nitrogen and oxygen atoms in total. The van der Waals surface area contributed by atoms with Gasteiger partial charge in [-0.1, -0.05) is 12.1 Å². The Morgan fingerprint density at radius 1 is 1.56 bits per heavy atom. The lowest BCUT2D eigenvalue weighted by atomic mass is 10.3. The predicted molar refractivity (Wildman–Crippen MR) is 71.6 cm³/mol. The van der Waals surface area contributed by atoms with Crippen molar-refractivity contribution in [3.8, 4) is 0 Å². The summed E-state index contributed by atoms with van der Waals surface area (Å²) in [6.07, 6.45) is -0.746. The Morgan fingerprint density at radius 3 is 3.06 bits per heavy atom. The van der Waals surface area contributed by atoms with Crippen molar-refractivity contribution in [2.75, 3.05) is 13.2 Å². The number of primary amides is 1. The number of aromatic nitrogens is 1. The molecule has 1 aromatic heterocycles. The van der Waals surface area contributed by atoms with E-state index >= 15 is 0 Å². The number of carbonyl (C=O) groups is 1. The third-order valence-electron chi connectivity index (χ3n) is 2.48. The van der Waals surface area contributed by atoms with E-state index in [2.05, 4.69) is 21.1 Å². The summed E-state index contributed by atoms with van der Waals surface area (Å²) in [5.41, 5.74) is 5.89. The van der Waals surface area contributed by atoms with Crippen LogP contribution < -0.4 is 11.1 Å². The maximum absolute atomic E-state index is 10.4. The molecule has 1 aromatic carbocycles. The van der Waals surface area contributed by atoms with Crippen LogP contribution in [0.2, 0.25) is 0 Å². The van der Waals surface area contributed by atoms with Gasteiger partial charge in [-0.3, -0.25) is 0 Å². The van der Waals surface area contributed by atoms with Crippen molar-refractivity contribution in [3.05, 3.63) is 29.3 Å². The lowest BCUT2D eigenvalue weighted by Crippen LogP contribution is -2.25. The number of nitrogens with one attached hydrogen (secondary N) is 1. The van der Waals surface area contributed by atoms with E-state index in [-0.39, 0.29) is 12.6 Å². The molecule has 1 atom stereocenters. The molecule has 0 aliphatic carbocycles. The maximum atomic E-state index is 10.4. The number of nitrogens with zero attached hydrogens (tertiary/aromatic N) is 1. The number of benzene rings is 1. The van der Waals surface area contributed by atoms with Crippen molar-refractivity contribution < 1.29 is 9.53 Å². The molecule has 2 rings (SSSR count). The molecule has 0 bridgehead atoms. The Labute approximate surface area is 109 Å². The van der Waals surface area contributed by atoms with Crippen LogP contribution in [0.4, 0.5) is 4.79 Å². The summed E-state index contributed by atoms with van der Waals surface area (Å²) < 4.78 is 5.82. The molecule has 0 saturated heterocycles. The van der Waals surface area contributed by atoms with Gasteiger partial charge in [0.2, 0.25) is 0 Å². The molecule has 1 heterocycles. The van der Waals surface area contributed by atoms with Crippen molar-refractivity contribution in [1.29, 1.82) is 0 Å². The van der Waals surface area contributed by atoms with Crippen molar-refractivity contribution in [1.82, 2.24) is 10.3 Å². The molecule has 0 spiro atoms. The number of carbonyl (C=O) groups excluding carboxylic acids is 1. The van der Waals surface area contributed by atoms with E-state index in [0.29, 0.717) is 6.54 Å². The average Bonchev–Trinajstić information content (AvgIpc) is 2.78. The fraction of sp³-hybridized carbons (Fsp3) is 0.333. The van der Waals surface area contributed by atoms with Gasteiger partial charge in [-0.05, 0) is 19.1 Å². The first-order valence-corrected chi connectivity index (χ1v) is 6.49. The van der Waals surface area contributed by atoms with Crippen LogP contribution in [0.3, 0.4) is 0 Å². The summed E-state index contributed by atoms with van der Waals surface area (Å²) in [5, 5.41) is 4.25. The number of nitrogens with two attached hydrogens (primary N) is 1. The zero-order valence-corrected chi connectivity index (χ0v) is 10.9. The number of hydrogen-bond donors (Lipinski definition) is 2. The smallest absolute Gasteiger partial charge is 0.404 e. The normalized spacial score (nSPS) is 12.5. The molecule has 0 saturated carbocycles. The number of hydrogen-bond acceptors (Lipinski definition) is 5. The highest BCUT2D eigenvalue weighted by molar-refractivity contribution is 7.18. The van der Waals surface area contributed by atoms with Crippen LogP contribution in [0, 0.1) is 0 Å². The number of rotatable bonds is 5. The van der Waals surface area contributed by atoms with E-state index in [1.807, 2.05) is 25.1 Å². The molecule has 0 fully saturated rings. The van der Waals surface area contributed by atoms with Gasteiger partial charge in [-0.2, -0.15) is 0 Å². The molecule has 0 aliphatic rings. The number of amides is 1. The molecule has 0 radical (unpaired) electrons. The fourth-order valence-electron chi connectivity index (χ4n) is 1.59. The highest BCUT2D eigenvalue weighted by Crippen LogP contribution is 2.25.